The van der Waals surface area contributed by atoms with E-state index in [1.807, 2.05) is 0 Å². The summed E-state index contributed by atoms with van der Waals surface area (Å²) >= 11 is 0. The molecule has 1 aliphatic heterocycles. The predicted octanol–water partition coefficient (Wildman–Crippen LogP) is 2.82. The molecule has 0 aromatic carbocycles. The van der Waals surface area contributed by atoms with Gasteiger partial charge in [0.25, 0.3) is 0 Å². The molecule has 1 fully saturated rings. The van der Waals surface area contributed by atoms with Crippen molar-refractivity contribution < 1.29 is 13.2 Å². The van der Waals surface area contributed by atoms with Crippen molar-refractivity contribution in [3.05, 3.63) is 12.2 Å². The lowest BCUT2D eigenvalue weighted by Crippen LogP contribution is -2.34. The van der Waals surface area contributed by atoms with Crippen LogP contribution in [0.25, 0.3) is 0 Å². The zero-order valence-corrected chi connectivity index (χ0v) is 11.3. The van der Waals surface area contributed by atoms with Crippen LogP contribution in [-0.2, 0) is 0 Å². The van der Waals surface area contributed by atoms with Crippen LogP contribution in [0.1, 0.15) is 25.7 Å². The summed E-state index contributed by atoms with van der Waals surface area (Å²) in [5.74, 6) is 1.08. The summed E-state index contributed by atoms with van der Waals surface area (Å²) in [5.41, 5.74) is 0. The highest BCUT2D eigenvalue weighted by Crippen LogP contribution is 2.22. The maximum absolute atomic E-state index is 12.3. The molecule has 0 aromatic heterocycles. The molecule has 0 spiro atoms. The smallest absolute Gasteiger partial charge is 0.316 e. The predicted molar refractivity (Wildman–Crippen MR) is 70.0 cm³/mol. The minimum atomic E-state index is -4.06. The van der Waals surface area contributed by atoms with Gasteiger partial charge in [-0.05, 0) is 57.2 Å². The second-order valence-corrected chi connectivity index (χ2v) is 5.81. The average molecular weight is 276 g/mol. The largest absolute Gasteiger partial charge is 0.401 e. The van der Waals surface area contributed by atoms with Gasteiger partial charge >= 0.3 is 6.18 Å². The molecule has 2 aliphatic rings. The molecule has 110 valence electrons. The van der Waals surface area contributed by atoms with Crippen LogP contribution in [0.2, 0.25) is 0 Å². The van der Waals surface area contributed by atoms with E-state index in [9.17, 15) is 13.2 Å². The Hall–Kier alpha value is -0.550. The van der Waals surface area contributed by atoms with E-state index in [0.29, 0.717) is 24.9 Å². The van der Waals surface area contributed by atoms with Gasteiger partial charge in [0.2, 0.25) is 0 Å². The highest BCUT2D eigenvalue weighted by atomic mass is 19.4. The van der Waals surface area contributed by atoms with Crippen LogP contribution in [0.5, 0.6) is 0 Å². The lowest BCUT2D eigenvalue weighted by atomic mass is 9.94. The molecule has 0 radical (unpaired) electrons. The van der Waals surface area contributed by atoms with Crippen LogP contribution in [0.3, 0.4) is 0 Å². The van der Waals surface area contributed by atoms with E-state index in [1.54, 1.807) is 0 Å². The Balaban J connectivity index is 1.58. The summed E-state index contributed by atoms with van der Waals surface area (Å²) in [6.45, 7) is 2.26. The molecule has 2 nitrogen and oxygen atoms in total. The van der Waals surface area contributed by atoms with Crippen molar-refractivity contribution in [2.45, 2.75) is 31.9 Å². The second-order valence-electron chi connectivity index (χ2n) is 5.81. The molecule has 5 heteroatoms. The van der Waals surface area contributed by atoms with E-state index in [4.69, 9.17) is 0 Å². The number of hydrogen-bond acceptors (Lipinski definition) is 2. The Morgan fingerprint density at radius 1 is 1.11 bits per heavy atom. The van der Waals surface area contributed by atoms with Crippen molar-refractivity contribution in [2.24, 2.45) is 11.8 Å². The first-order chi connectivity index (χ1) is 9.03. The van der Waals surface area contributed by atoms with E-state index >= 15 is 0 Å². The second kappa shape index (κ2) is 6.75. The SMILES string of the molecule is FC(F)(F)CN1CCC(CNCC2CC=CCC2)C1. The lowest BCUT2D eigenvalue weighted by molar-refractivity contribution is -0.143. The van der Waals surface area contributed by atoms with E-state index in [0.717, 1.165) is 32.4 Å². The molecule has 19 heavy (non-hydrogen) atoms. The number of likely N-dealkylation sites (tertiary alicyclic amines) is 1. The van der Waals surface area contributed by atoms with Gasteiger partial charge in [0.1, 0.15) is 0 Å². The van der Waals surface area contributed by atoms with Crippen molar-refractivity contribution >= 4 is 0 Å². The van der Waals surface area contributed by atoms with Crippen LogP contribution in [0, 0.1) is 11.8 Å². The number of halogens is 3. The lowest BCUT2D eigenvalue weighted by Gasteiger charge is -2.20. The zero-order chi connectivity index (χ0) is 13.7. The Labute approximate surface area is 113 Å². The first-order valence-electron chi connectivity index (χ1n) is 7.18. The van der Waals surface area contributed by atoms with E-state index in [1.165, 1.54) is 11.3 Å². The standard InChI is InChI=1S/C14H23F3N2/c15-14(16,17)11-19-7-6-13(10-19)9-18-8-12-4-2-1-3-5-12/h1-2,12-13,18H,3-11H2. The Kier molecular flexibility index (Phi) is 5.28. The molecule has 0 amide bonds. The summed E-state index contributed by atoms with van der Waals surface area (Å²) < 4.78 is 36.8. The fourth-order valence-electron chi connectivity index (χ4n) is 3.01. The van der Waals surface area contributed by atoms with Crippen molar-refractivity contribution in [1.82, 2.24) is 10.2 Å². The van der Waals surface area contributed by atoms with Crippen molar-refractivity contribution in [1.29, 1.82) is 0 Å². The minimum Gasteiger partial charge on any atom is -0.316 e. The van der Waals surface area contributed by atoms with E-state index in [-0.39, 0.29) is 0 Å². The van der Waals surface area contributed by atoms with Gasteiger partial charge in [-0.15, -0.1) is 0 Å². The van der Waals surface area contributed by atoms with Gasteiger partial charge in [0, 0.05) is 6.54 Å². The molecule has 1 N–H and O–H groups in total. The summed E-state index contributed by atoms with van der Waals surface area (Å²) in [5, 5.41) is 3.44. The molecule has 2 rings (SSSR count). The Morgan fingerprint density at radius 3 is 2.58 bits per heavy atom. The quantitative estimate of drug-likeness (QED) is 0.777. The number of nitrogens with zero attached hydrogens (tertiary/aromatic N) is 1. The maximum atomic E-state index is 12.3. The van der Waals surface area contributed by atoms with Gasteiger partial charge in [0.15, 0.2) is 0 Å². The molecule has 0 bridgehead atoms. The van der Waals surface area contributed by atoms with Gasteiger partial charge in [-0.3, -0.25) is 4.90 Å². The normalized spacial score (nSPS) is 29.0. The zero-order valence-electron chi connectivity index (χ0n) is 11.3. The van der Waals surface area contributed by atoms with Crippen molar-refractivity contribution in [2.75, 3.05) is 32.7 Å². The van der Waals surface area contributed by atoms with Crippen LogP contribution in [0.15, 0.2) is 12.2 Å². The third kappa shape index (κ3) is 5.53. The summed E-state index contributed by atoms with van der Waals surface area (Å²) in [6.07, 6.45) is 4.81. The van der Waals surface area contributed by atoms with Gasteiger partial charge in [-0.25, -0.2) is 0 Å². The Bertz CT molecular complexity index is 302. The van der Waals surface area contributed by atoms with Crippen LogP contribution in [0.4, 0.5) is 13.2 Å². The molecule has 0 aromatic rings. The topological polar surface area (TPSA) is 15.3 Å². The van der Waals surface area contributed by atoms with Gasteiger partial charge in [0.05, 0.1) is 6.54 Å². The Morgan fingerprint density at radius 2 is 1.89 bits per heavy atom. The third-order valence-corrected chi connectivity index (χ3v) is 4.02. The molecule has 2 atom stereocenters. The highest BCUT2D eigenvalue weighted by molar-refractivity contribution is 4.90. The maximum Gasteiger partial charge on any atom is 0.401 e. The first kappa shape index (κ1) is 14.9. The number of hydrogen-bond donors (Lipinski definition) is 1. The number of rotatable bonds is 5. The highest BCUT2D eigenvalue weighted by Gasteiger charge is 2.34. The first-order valence-corrected chi connectivity index (χ1v) is 7.18. The van der Waals surface area contributed by atoms with Crippen molar-refractivity contribution in [3.8, 4) is 0 Å². The van der Waals surface area contributed by atoms with Gasteiger partial charge in [-0.1, -0.05) is 12.2 Å². The molecule has 0 saturated carbocycles. The monoisotopic (exact) mass is 276 g/mol. The molecule has 2 unspecified atom stereocenters. The number of nitrogens with one attached hydrogen (secondary N) is 1. The van der Waals surface area contributed by atoms with Crippen molar-refractivity contribution in [3.63, 3.8) is 0 Å². The molecule has 1 aliphatic carbocycles. The minimum absolute atomic E-state index is 0.376. The van der Waals surface area contributed by atoms with E-state index < -0.39 is 12.7 Å². The summed E-state index contributed by atoms with van der Waals surface area (Å²) in [6, 6.07) is 0. The number of allylic oxidation sites excluding steroid dienone is 2. The summed E-state index contributed by atoms with van der Waals surface area (Å²) in [7, 11) is 0. The third-order valence-electron chi connectivity index (χ3n) is 4.02. The van der Waals surface area contributed by atoms with Gasteiger partial charge < -0.3 is 5.32 Å². The van der Waals surface area contributed by atoms with Crippen LogP contribution in [-0.4, -0.2) is 43.8 Å². The molecule has 1 heterocycles. The van der Waals surface area contributed by atoms with Crippen LogP contribution < -0.4 is 5.32 Å². The number of alkyl halides is 3. The fraction of sp³-hybridized carbons (Fsp3) is 0.857. The fourth-order valence-corrected chi connectivity index (χ4v) is 3.01. The van der Waals surface area contributed by atoms with Crippen LogP contribution >= 0.6 is 0 Å². The van der Waals surface area contributed by atoms with Gasteiger partial charge in [-0.2, -0.15) is 13.2 Å². The molecule has 1 saturated heterocycles. The molecular formula is C14H23F3N2. The molecular weight excluding hydrogens is 253 g/mol. The van der Waals surface area contributed by atoms with E-state index in [2.05, 4.69) is 17.5 Å². The average Bonchev–Trinajstić information content (AvgIpc) is 2.76. The summed E-state index contributed by atoms with van der Waals surface area (Å²) in [4.78, 5) is 1.52.